The highest BCUT2D eigenvalue weighted by molar-refractivity contribution is 5.47. The molecule has 2 N–H and O–H groups in total. The van der Waals surface area contributed by atoms with Crippen molar-refractivity contribution in [3.8, 4) is 5.88 Å². The first kappa shape index (κ1) is 17.9. The second kappa shape index (κ2) is 6.42. The standard InChI is InChI=1S/C21H24N2O5/c1-23(2)17-15-9-14-8-13(10-24)21(15,27-14)19(25)16-18(17)28-22-20(16)26-11-12-6-4-3-5-7-12/h3-8,14-15,17,19,24-25H,9-11H2,1-2H3/t14-,15-,17-,19+,21+/m0/s1. The largest absolute Gasteiger partial charge is 0.470 e. The van der Waals surface area contributed by atoms with E-state index in [-0.39, 0.29) is 30.6 Å². The number of benzene rings is 1. The van der Waals surface area contributed by atoms with Gasteiger partial charge in [-0.25, -0.2) is 0 Å². The van der Waals surface area contributed by atoms with Gasteiger partial charge in [-0.3, -0.25) is 4.90 Å². The lowest BCUT2D eigenvalue weighted by molar-refractivity contribution is -0.116. The van der Waals surface area contributed by atoms with Crippen molar-refractivity contribution < 1.29 is 24.2 Å². The first-order valence-corrected chi connectivity index (χ1v) is 9.56. The van der Waals surface area contributed by atoms with Crippen LogP contribution in [0.5, 0.6) is 5.88 Å². The van der Waals surface area contributed by atoms with Crippen molar-refractivity contribution in [3.63, 3.8) is 0 Å². The number of hydrogen-bond donors (Lipinski definition) is 2. The van der Waals surface area contributed by atoms with Gasteiger partial charge < -0.3 is 24.2 Å². The number of hydrogen-bond acceptors (Lipinski definition) is 7. The van der Waals surface area contributed by atoms with E-state index in [0.717, 1.165) is 17.6 Å². The molecule has 1 fully saturated rings. The molecular weight excluding hydrogens is 360 g/mol. The summed E-state index contributed by atoms with van der Waals surface area (Å²) in [5, 5.41) is 25.5. The summed E-state index contributed by atoms with van der Waals surface area (Å²) in [6.45, 7) is 0.173. The molecule has 2 aliphatic heterocycles. The van der Waals surface area contributed by atoms with Gasteiger partial charge in [0.05, 0.1) is 24.3 Å². The summed E-state index contributed by atoms with van der Waals surface area (Å²) < 4.78 is 17.9. The van der Waals surface area contributed by atoms with E-state index >= 15 is 0 Å². The second-order valence-electron chi connectivity index (χ2n) is 7.99. The Kier molecular flexibility index (Phi) is 4.10. The van der Waals surface area contributed by atoms with Gasteiger partial charge in [0, 0.05) is 5.92 Å². The molecule has 2 bridgehead atoms. The summed E-state index contributed by atoms with van der Waals surface area (Å²) in [4.78, 5) is 2.06. The highest BCUT2D eigenvalue weighted by Crippen LogP contribution is 2.63. The van der Waals surface area contributed by atoms with Crippen LogP contribution in [0.1, 0.15) is 35.5 Å². The fraction of sp³-hybridized carbons (Fsp3) is 0.476. The molecular formula is C21H24N2O5. The summed E-state index contributed by atoms with van der Waals surface area (Å²) in [7, 11) is 3.95. The van der Waals surface area contributed by atoms with Crippen molar-refractivity contribution in [2.45, 2.75) is 36.9 Å². The van der Waals surface area contributed by atoms with E-state index < -0.39 is 11.7 Å². The van der Waals surface area contributed by atoms with Crippen LogP contribution in [-0.4, -0.2) is 52.7 Å². The van der Waals surface area contributed by atoms with Gasteiger partial charge in [0.2, 0.25) is 0 Å². The van der Waals surface area contributed by atoms with Gasteiger partial charge in [-0.2, -0.15) is 0 Å². The third-order valence-electron chi connectivity index (χ3n) is 6.27. The highest BCUT2D eigenvalue weighted by atomic mass is 16.6. The van der Waals surface area contributed by atoms with Gasteiger partial charge in [-0.1, -0.05) is 36.4 Å². The van der Waals surface area contributed by atoms with E-state index in [1.54, 1.807) is 0 Å². The maximum Gasteiger partial charge on any atom is 0.260 e. The van der Waals surface area contributed by atoms with Gasteiger partial charge >= 0.3 is 0 Å². The number of nitrogens with zero attached hydrogens (tertiary/aromatic N) is 2. The summed E-state index contributed by atoms with van der Waals surface area (Å²) in [6, 6.07) is 9.65. The van der Waals surface area contributed by atoms with Crippen LogP contribution in [0.15, 0.2) is 46.5 Å². The minimum absolute atomic E-state index is 0.0305. The molecule has 3 heterocycles. The topological polar surface area (TPSA) is 88.2 Å². The zero-order valence-corrected chi connectivity index (χ0v) is 15.9. The Morgan fingerprint density at radius 2 is 2.07 bits per heavy atom. The van der Waals surface area contributed by atoms with E-state index in [1.807, 2.05) is 50.5 Å². The Hall–Kier alpha value is -2.19. The van der Waals surface area contributed by atoms with E-state index in [9.17, 15) is 10.2 Å². The summed E-state index contributed by atoms with van der Waals surface area (Å²) >= 11 is 0. The lowest BCUT2D eigenvalue weighted by atomic mass is 9.64. The second-order valence-corrected chi connectivity index (χ2v) is 7.99. The molecule has 1 aliphatic carbocycles. The average Bonchev–Trinajstić information content (AvgIpc) is 3.38. The SMILES string of the molecule is CN(C)[C@@H]1c2onc(OCc3ccccc3)c2[C@@H](O)[C@@]23O[C@@H](C=C2CO)C[C@@H]13. The Labute approximate surface area is 163 Å². The third-order valence-corrected chi connectivity index (χ3v) is 6.27. The lowest BCUT2D eigenvalue weighted by Gasteiger charge is -2.46. The Balaban J connectivity index is 1.56. The Bertz CT molecular complexity index is 909. The van der Waals surface area contributed by atoms with Crippen molar-refractivity contribution >= 4 is 0 Å². The number of ether oxygens (including phenoxy) is 2. The molecule has 148 valence electrons. The van der Waals surface area contributed by atoms with Gasteiger partial charge in [0.15, 0.2) is 5.76 Å². The van der Waals surface area contributed by atoms with E-state index in [4.69, 9.17) is 14.0 Å². The zero-order valence-electron chi connectivity index (χ0n) is 15.9. The lowest BCUT2D eigenvalue weighted by Crippen LogP contribution is -2.52. The molecule has 28 heavy (non-hydrogen) atoms. The highest BCUT2D eigenvalue weighted by Gasteiger charge is 2.66. The molecule has 0 radical (unpaired) electrons. The van der Waals surface area contributed by atoms with Gasteiger partial charge in [-0.15, -0.1) is 0 Å². The molecule has 1 aromatic carbocycles. The van der Waals surface area contributed by atoms with Crippen LogP contribution in [0.2, 0.25) is 0 Å². The maximum atomic E-state index is 11.4. The van der Waals surface area contributed by atoms with E-state index in [0.29, 0.717) is 17.9 Å². The number of fused-ring (bicyclic) bond motifs is 2. The van der Waals surface area contributed by atoms with Crippen LogP contribution in [0.3, 0.4) is 0 Å². The van der Waals surface area contributed by atoms with Crippen molar-refractivity contribution in [2.75, 3.05) is 20.7 Å². The molecule has 5 rings (SSSR count). The van der Waals surface area contributed by atoms with Crippen molar-refractivity contribution in [3.05, 3.63) is 58.9 Å². The molecule has 5 atom stereocenters. The number of aliphatic hydroxyl groups excluding tert-OH is 2. The monoisotopic (exact) mass is 384 g/mol. The molecule has 2 aromatic rings. The van der Waals surface area contributed by atoms with Gasteiger partial charge in [-0.05, 0) is 36.8 Å². The van der Waals surface area contributed by atoms with Gasteiger partial charge in [0.25, 0.3) is 5.88 Å². The zero-order chi connectivity index (χ0) is 19.5. The van der Waals surface area contributed by atoms with Crippen LogP contribution in [-0.2, 0) is 11.3 Å². The van der Waals surface area contributed by atoms with Crippen molar-refractivity contribution in [1.82, 2.24) is 10.1 Å². The molecule has 0 unspecified atom stereocenters. The predicted molar refractivity (Wildman–Crippen MR) is 99.5 cm³/mol. The fourth-order valence-electron chi connectivity index (χ4n) is 5.15. The molecule has 7 heteroatoms. The van der Waals surface area contributed by atoms with Crippen LogP contribution >= 0.6 is 0 Å². The molecule has 3 aliphatic rings. The molecule has 1 aromatic heterocycles. The smallest absolute Gasteiger partial charge is 0.260 e. The van der Waals surface area contributed by atoms with Crippen LogP contribution < -0.4 is 4.74 Å². The molecule has 7 nitrogen and oxygen atoms in total. The molecule has 1 spiro atoms. The first-order chi connectivity index (χ1) is 13.6. The van der Waals surface area contributed by atoms with Crippen molar-refractivity contribution in [1.29, 1.82) is 0 Å². The Morgan fingerprint density at radius 3 is 2.79 bits per heavy atom. The summed E-state index contributed by atoms with van der Waals surface area (Å²) in [5.74, 6) is 0.865. The van der Waals surface area contributed by atoms with E-state index in [1.165, 1.54) is 0 Å². The minimum Gasteiger partial charge on any atom is -0.470 e. The fourth-order valence-corrected chi connectivity index (χ4v) is 5.15. The van der Waals surface area contributed by atoms with E-state index in [2.05, 4.69) is 10.1 Å². The number of aliphatic hydroxyl groups is 2. The quantitative estimate of drug-likeness (QED) is 0.762. The van der Waals surface area contributed by atoms with Crippen LogP contribution in [0.4, 0.5) is 0 Å². The molecule has 0 saturated carbocycles. The van der Waals surface area contributed by atoms with Crippen molar-refractivity contribution in [2.24, 2.45) is 5.92 Å². The summed E-state index contributed by atoms with van der Waals surface area (Å²) in [6.07, 6.45) is 1.60. The normalized spacial score (nSPS) is 33.0. The molecule has 1 saturated heterocycles. The van der Waals surface area contributed by atoms with Crippen LogP contribution in [0.25, 0.3) is 0 Å². The minimum atomic E-state index is -1.01. The summed E-state index contributed by atoms with van der Waals surface area (Å²) in [5.41, 5.74) is 1.29. The third kappa shape index (κ3) is 2.34. The predicted octanol–water partition coefficient (Wildman–Crippen LogP) is 1.98. The Morgan fingerprint density at radius 1 is 1.29 bits per heavy atom. The number of rotatable bonds is 5. The molecule has 0 amide bonds. The van der Waals surface area contributed by atoms with Gasteiger partial charge in [0.1, 0.15) is 18.3 Å². The maximum absolute atomic E-state index is 11.4. The van der Waals surface area contributed by atoms with Crippen LogP contribution in [0, 0.1) is 5.92 Å². The first-order valence-electron chi connectivity index (χ1n) is 9.56. The average molecular weight is 384 g/mol. The number of aromatic nitrogens is 1.